The van der Waals surface area contributed by atoms with Gasteiger partial charge in [0.25, 0.3) is 0 Å². The number of aliphatic carboxylic acids is 1. The summed E-state index contributed by atoms with van der Waals surface area (Å²) in [6.07, 6.45) is 6.34. The van der Waals surface area contributed by atoms with Crippen molar-refractivity contribution in [1.29, 1.82) is 0 Å². The molecule has 3 saturated carbocycles. The molecular formula is C42H34F2N6O2S. The molecule has 53 heavy (non-hydrogen) atoms. The number of benzene rings is 3. The summed E-state index contributed by atoms with van der Waals surface area (Å²) >= 11 is 1.33. The Labute approximate surface area is 308 Å². The molecule has 3 aliphatic carbocycles. The van der Waals surface area contributed by atoms with E-state index >= 15 is 8.78 Å². The smallest absolute Gasteiger partial charge is 0.308 e. The van der Waals surface area contributed by atoms with Crippen molar-refractivity contribution in [3.8, 4) is 22.0 Å². The molecule has 11 heteroatoms. The first-order valence-electron chi connectivity index (χ1n) is 17.7. The maximum atomic E-state index is 16.7. The Balaban J connectivity index is 1.31. The molecule has 7 aromatic rings. The summed E-state index contributed by atoms with van der Waals surface area (Å²) in [4.78, 5) is 31.8. The van der Waals surface area contributed by atoms with Gasteiger partial charge in [0.1, 0.15) is 16.7 Å². The monoisotopic (exact) mass is 724 g/mol. The second kappa shape index (κ2) is 13.3. The SMILES string of the molecule is O=C(O)C1C2CCC(CC2)C1Nc1nc(-c2cn(C(c3ccccc3)(c3ccccc3)c3ccccc3)c3ncc(F)nc23)nc(-c2cccs2)c1F. The van der Waals surface area contributed by atoms with E-state index in [1.165, 1.54) is 11.3 Å². The third-order valence-electron chi connectivity index (χ3n) is 11.1. The Kier molecular flexibility index (Phi) is 8.30. The number of hydrogen-bond acceptors (Lipinski definition) is 7. The molecule has 2 bridgehead atoms. The second-order valence-electron chi connectivity index (χ2n) is 13.8. The van der Waals surface area contributed by atoms with Crippen LogP contribution in [0.15, 0.2) is 121 Å². The number of carboxylic acids is 1. The molecule has 0 amide bonds. The molecule has 3 fully saturated rings. The highest BCUT2D eigenvalue weighted by Gasteiger charge is 2.48. The van der Waals surface area contributed by atoms with Gasteiger partial charge in [-0.15, -0.1) is 11.3 Å². The molecule has 2 atom stereocenters. The van der Waals surface area contributed by atoms with Crippen LogP contribution in [0.25, 0.3) is 33.1 Å². The summed E-state index contributed by atoms with van der Waals surface area (Å²) in [5, 5.41) is 15.4. The van der Waals surface area contributed by atoms with E-state index in [2.05, 4.69) is 15.3 Å². The third kappa shape index (κ3) is 5.49. The largest absolute Gasteiger partial charge is 0.481 e. The number of nitrogens with zero attached hydrogens (tertiary/aromatic N) is 5. The van der Waals surface area contributed by atoms with E-state index in [0.29, 0.717) is 16.1 Å². The quantitative estimate of drug-likeness (QED) is 0.143. The highest BCUT2D eigenvalue weighted by molar-refractivity contribution is 7.13. The number of halogens is 2. The molecule has 0 aliphatic heterocycles. The maximum Gasteiger partial charge on any atom is 0.308 e. The second-order valence-corrected chi connectivity index (χ2v) is 14.8. The van der Waals surface area contributed by atoms with Crippen molar-refractivity contribution in [3.63, 3.8) is 0 Å². The number of thiophene rings is 1. The van der Waals surface area contributed by atoms with Crippen LogP contribution in [0.4, 0.5) is 14.6 Å². The van der Waals surface area contributed by atoms with Gasteiger partial charge in [-0.05, 0) is 65.7 Å². The standard InChI is InChI=1S/C42H34F2N6O2S/c43-32-23-45-40-36(46-32)30(24-50(40)42(27-11-4-1-5-12-27,28-13-6-2-7-14-28)29-15-8-3-9-16-29)38-48-37(31-17-10-22-53-31)34(44)39(49-38)47-35-26-20-18-25(19-21-26)33(35)41(51)52/h1-17,22-26,33,35H,18-21H2,(H,51,52)(H,47,48,49). The van der Waals surface area contributed by atoms with Gasteiger partial charge in [0.05, 0.1) is 22.6 Å². The van der Waals surface area contributed by atoms with Crippen molar-refractivity contribution in [2.45, 2.75) is 37.3 Å². The minimum atomic E-state index is -1.03. The third-order valence-corrected chi connectivity index (χ3v) is 11.9. The van der Waals surface area contributed by atoms with Crippen molar-refractivity contribution in [2.75, 3.05) is 5.32 Å². The summed E-state index contributed by atoms with van der Waals surface area (Å²) in [6.45, 7) is 0. The Hall–Kier alpha value is -5.81. The fourth-order valence-electron chi connectivity index (χ4n) is 8.75. The van der Waals surface area contributed by atoms with Crippen molar-refractivity contribution in [1.82, 2.24) is 24.5 Å². The van der Waals surface area contributed by atoms with Crippen molar-refractivity contribution >= 4 is 34.3 Å². The van der Waals surface area contributed by atoms with Gasteiger partial charge in [-0.2, -0.15) is 4.39 Å². The summed E-state index contributed by atoms with van der Waals surface area (Å²) < 4.78 is 33.9. The van der Waals surface area contributed by atoms with Gasteiger partial charge in [-0.25, -0.2) is 24.3 Å². The summed E-state index contributed by atoms with van der Waals surface area (Å²) in [5.74, 6) is -2.93. The normalized spacial score (nSPS) is 19.7. The Morgan fingerprint density at radius 2 is 1.40 bits per heavy atom. The topological polar surface area (TPSA) is 106 Å². The molecule has 10 rings (SSSR count). The molecule has 0 saturated heterocycles. The number of carbonyl (C=O) groups is 1. The van der Waals surface area contributed by atoms with Crippen LogP contribution in [0.1, 0.15) is 42.4 Å². The average molecular weight is 725 g/mol. The van der Waals surface area contributed by atoms with E-state index < -0.39 is 35.2 Å². The van der Waals surface area contributed by atoms with E-state index in [1.54, 1.807) is 6.07 Å². The first-order valence-corrected chi connectivity index (χ1v) is 18.6. The number of carboxylic acid groups (broad SMARTS) is 1. The lowest BCUT2D eigenvalue weighted by Crippen LogP contribution is -2.51. The molecule has 8 nitrogen and oxygen atoms in total. The van der Waals surface area contributed by atoms with Crippen LogP contribution < -0.4 is 5.32 Å². The van der Waals surface area contributed by atoms with Gasteiger partial charge in [-0.3, -0.25) is 4.79 Å². The number of anilines is 1. The Morgan fingerprint density at radius 1 is 0.792 bits per heavy atom. The van der Waals surface area contributed by atoms with Gasteiger partial charge >= 0.3 is 5.97 Å². The molecule has 0 spiro atoms. The minimum Gasteiger partial charge on any atom is -0.481 e. The number of aromatic nitrogens is 5. The van der Waals surface area contributed by atoms with Gasteiger partial charge in [-0.1, -0.05) is 97.1 Å². The molecule has 2 N–H and O–H groups in total. The first kappa shape index (κ1) is 33.1. The summed E-state index contributed by atoms with van der Waals surface area (Å²) in [6, 6.07) is 33.1. The molecule has 0 radical (unpaired) electrons. The highest BCUT2D eigenvalue weighted by atomic mass is 32.1. The van der Waals surface area contributed by atoms with E-state index in [9.17, 15) is 9.90 Å². The molecule has 3 aromatic carbocycles. The Bertz CT molecular complexity index is 2320. The lowest BCUT2D eigenvalue weighted by atomic mass is 9.61. The zero-order valence-electron chi connectivity index (χ0n) is 28.4. The summed E-state index contributed by atoms with van der Waals surface area (Å²) in [5.41, 5.74) is 2.70. The van der Waals surface area contributed by atoms with E-state index in [0.717, 1.165) is 48.6 Å². The van der Waals surface area contributed by atoms with Crippen molar-refractivity contribution in [2.24, 2.45) is 17.8 Å². The fraction of sp³-hybridized carbons (Fsp3) is 0.214. The van der Waals surface area contributed by atoms with Gasteiger partial charge in [0.2, 0.25) is 5.95 Å². The lowest BCUT2D eigenvalue weighted by molar-refractivity contribution is -0.148. The Morgan fingerprint density at radius 3 is 1.96 bits per heavy atom. The maximum absolute atomic E-state index is 16.7. The minimum absolute atomic E-state index is 0.00874. The first-order chi connectivity index (χ1) is 25.9. The van der Waals surface area contributed by atoms with E-state index in [4.69, 9.17) is 9.97 Å². The van der Waals surface area contributed by atoms with Crippen LogP contribution in [0.3, 0.4) is 0 Å². The molecule has 4 heterocycles. The number of fused-ring (bicyclic) bond motifs is 4. The van der Waals surface area contributed by atoms with Crippen molar-refractivity contribution < 1.29 is 18.7 Å². The highest BCUT2D eigenvalue weighted by Crippen LogP contribution is 2.48. The molecule has 2 unspecified atom stereocenters. The van der Waals surface area contributed by atoms with E-state index in [1.807, 2.05) is 113 Å². The molecular weight excluding hydrogens is 691 g/mol. The number of hydrogen-bond donors (Lipinski definition) is 2. The fourth-order valence-corrected chi connectivity index (χ4v) is 9.46. The lowest BCUT2D eigenvalue weighted by Gasteiger charge is -2.47. The van der Waals surface area contributed by atoms with E-state index in [-0.39, 0.29) is 34.7 Å². The number of rotatable bonds is 9. The van der Waals surface area contributed by atoms with Crippen LogP contribution in [0, 0.1) is 29.5 Å². The molecule has 3 aliphatic rings. The van der Waals surface area contributed by atoms with Gasteiger partial charge < -0.3 is 15.0 Å². The van der Waals surface area contributed by atoms with Crippen LogP contribution in [0.2, 0.25) is 0 Å². The predicted octanol–water partition coefficient (Wildman–Crippen LogP) is 9.04. The zero-order valence-corrected chi connectivity index (χ0v) is 29.3. The molecule has 4 aromatic heterocycles. The van der Waals surface area contributed by atoms with Gasteiger partial charge in [0, 0.05) is 12.2 Å². The van der Waals surface area contributed by atoms with Crippen LogP contribution in [-0.4, -0.2) is 41.6 Å². The number of nitrogens with one attached hydrogen (secondary N) is 1. The van der Waals surface area contributed by atoms with Crippen LogP contribution in [-0.2, 0) is 10.3 Å². The average Bonchev–Trinajstić information content (AvgIpc) is 3.87. The van der Waals surface area contributed by atoms with Crippen molar-refractivity contribution in [3.05, 3.63) is 149 Å². The van der Waals surface area contributed by atoms with Crippen LogP contribution in [0.5, 0.6) is 0 Å². The summed E-state index contributed by atoms with van der Waals surface area (Å²) in [7, 11) is 0. The zero-order chi connectivity index (χ0) is 36.1. The molecule has 264 valence electrons. The predicted molar refractivity (Wildman–Crippen MR) is 200 cm³/mol. The van der Waals surface area contributed by atoms with Crippen LogP contribution >= 0.6 is 11.3 Å². The van der Waals surface area contributed by atoms with Gasteiger partial charge in [0.15, 0.2) is 23.1 Å².